The Labute approximate surface area is 549 Å². The van der Waals surface area contributed by atoms with Gasteiger partial charge in [-0.2, -0.15) is 0 Å². The van der Waals surface area contributed by atoms with E-state index in [4.69, 9.17) is 28.4 Å². The molecule has 3 heterocycles. The van der Waals surface area contributed by atoms with Crippen molar-refractivity contribution < 1.29 is 89.4 Å². The lowest BCUT2D eigenvalue weighted by Crippen LogP contribution is -2.66. The lowest BCUT2D eigenvalue weighted by Gasteiger charge is -2.48. The molecule has 3 aliphatic rings. The molecule has 91 heavy (non-hydrogen) atoms. The second kappa shape index (κ2) is 54.3. The zero-order valence-electron chi connectivity index (χ0n) is 56.8. The van der Waals surface area contributed by atoms with Gasteiger partial charge in [0.25, 0.3) is 0 Å². The number of hydrogen-bond acceptors (Lipinski definition) is 18. The van der Waals surface area contributed by atoms with Crippen molar-refractivity contribution >= 4 is 5.91 Å². The van der Waals surface area contributed by atoms with Gasteiger partial charge < -0.3 is 89.9 Å². The topological polar surface area (TPSA) is 307 Å². The van der Waals surface area contributed by atoms with Gasteiger partial charge in [0, 0.05) is 6.42 Å². The Kier molecular flexibility index (Phi) is 49.8. The molecule has 3 fully saturated rings. The molecule has 0 aromatic rings. The summed E-state index contributed by atoms with van der Waals surface area (Å²) in [7, 11) is 0. The number of amides is 1. The Morgan fingerprint density at radius 2 is 0.692 bits per heavy atom. The largest absolute Gasteiger partial charge is 0.394 e. The van der Waals surface area contributed by atoms with Crippen LogP contribution in [0.1, 0.15) is 296 Å². The molecule has 3 rings (SSSR count). The lowest BCUT2D eigenvalue weighted by molar-refractivity contribution is -0.379. The minimum Gasteiger partial charge on any atom is -0.394 e. The molecule has 0 spiro atoms. The minimum absolute atomic E-state index is 0.247. The molecule has 0 aromatic heterocycles. The van der Waals surface area contributed by atoms with Gasteiger partial charge in [-0.1, -0.05) is 269 Å². The highest BCUT2D eigenvalue weighted by molar-refractivity contribution is 5.76. The summed E-state index contributed by atoms with van der Waals surface area (Å²) in [6, 6.07) is -0.967. The van der Waals surface area contributed by atoms with E-state index in [1.807, 2.05) is 6.08 Å². The third-order valence-electron chi connectivity index (χ3n) is 18.7. The van der Waals surface area contributed by atoms with E-state index < -0.39 is 124 Å². The zero-order chi connectivity index (χ0) is 66.1. The summed E-state index contributed by atoms with van der Waals surface area (Å²) in [5.41, 5.74) is 0. The van der Waals surface area contributed by atoms with Gasteiger partial charge in [0.15, 0.2) is 18.9 Å². The van der Waals surface area contributed by atoms with Crippen LogP contribution in [0.2, 0.25) is 0 Å². The third-order valence-corrected chi connectivity index (χ3v) is 18.7. The van der Waals surface area contributed by atoms with E-state index in [0.29, 0.717) is 6.42 Å². The first kappa shape index (κ1) is 83.5. The van der Waals surface area contributed by atoms with Gasteiger partial charge >= 0.3 is 0 Å². The third kappa shape index (κ3) is 35.9. The molecule has 3 saturated heterocycles. The lowest BCUT2D eigenvalue weighted by atomic mass is 9.96. The molecule has 0 bridgehead atoms. The predicted molar refractivity (Wildman–Crippen MR) is 356 cm³/mol. The van der Waals surface area contributed by atoms with E-state index in [1.165, 1.54) is 212 Å². The fraction of sp³-hybridized carbons (Fsp3) is 0.931. The van der Waals surface area contributed by atoms with Crippen LogP contribution in [0.4, 0.5) is 0 Å². The Morgan fingerprint density at radius 1 is 0.385 bits per heavy atom. The summed E-state index contributed by atoms with van der Waals surface area (Å²) in [5, 5.41) is 120. The number of carbonyl (C=O) groups excluding carboxylic acids is 1. The van der Waals surface area contributed by atoms with Crippen molar-refractivity contribution in [1.29, 1.82) is 0 Å². The summed E-state index contributed by atoms with van der Waals surface area (Å²) in [5.74, 6) is -0.275. The average Bonchev–Trinajstić information content (AvgIpc) is 1.04. The predicted octanol–water partition coefficient (Wildman–Crippen LogP) is 10.6. The first-order valence-electron chi connectivity index (χ1n) is 37.1. The molecular formula is C72H135NO18. The molecule has 19 nitrogen and oxygen atoms in total. The van der Waals surface area contributed by atoms with Gasteiger partial charge in [0.05, 0.1) is 38.6 Å². The number of hydrogen-bond donors (Lipinski definition) is 12. The van der Waals surface area contributed by atoms with Crippen LogP contribution in [0.15, 0.2) is 24.3 Å². The van der Waals surface area contributed by atoms with Crippen molar-refractivity contribution in [1.82, 2.24) is 5.32 Å². The number of rotatable bonds is 58. The normalized spacial score (nSPS) is 27.9. The van der Waals surface area contributed by atoms with Crippen LogP contribution in [-0.4, -0.2) is 193 Å². The summed E-state index contributed by atoms with van der Waals surface area (Å²) >= 11 is 0. The number of ether oxygens (including phenoxy) is 6. The van der Waals surface area contributed by atoms with Crippen molar-refractivity contribution in [3.05, 3.63) is 24.3 Å². The molecule has 0 radical (unpaired) electrons. The number of aliphatic hydroxyl groups excluding tert-OH is 11. The SMILES string of the molecule is CCCCCCC/C=C/C(O)C(COC1OC(CO)C(OC2OC(CO)C(OC3OC(CO)C(O)C(O)C3O)C(O)C2O)C(O)C1O)NC(=O)CCCCCCCCCCCCCCCCCCCCCCCCCCCCC/C=C\CCCCCCCCCC. The molecule has 0 aromatic carbocycles. The van der Waals surface area contributed by atoms with Crippen molar-refractivity contribution in [2.75, 3.05) is 26.4 Å². The van der Waals surface area contributed by atoms with Crippen LogP contribution in [0.25, 0.3) is 0 Å². The van der Waals surface area contributed by atoms with Crippen molar-refractivity contribution in [2.24, 2.45) is 0 Å². The Balaban J connectivity index is 1.23. The van der Waals surface area contributed by atoms with E-state index in [2.05, 4.69) is 31.3 Å². The van der Waals surface area contributed by atoms with E-state index >= 15 is 0 Å². The van der Waals surface area contributed by atoms with Crippen molar-refractivity contribution in [3.63, 3.8) is 0 Å². The Bertz CT molecular complexity index is 1750. The number of carbonyl (C=O) groups is 1. The molecule has 0 aliphatic carbocycles. The second-order valence-electron chi connectivity index (χ2n) is 26.8. The number of aliphatic hydroxyl groups is 11. The Morgan fingerprint density at radius 3 is 1.07 bits per heavy atom. The van der Waals surface area contributed by atoms with Crippen molar-refractivity contribution in [2.45, 2.75) is 401 Å². The number of nitrogens with one attached hydrogen (secondary N) is 1. The average molecular weight is 1300 g/mol. The van der Waals surface area contributed by atoms with Gasteiger partial charge in [-0.15, -0.1) is 0 Å². The summed E-state index contributed by atoms with van der Waals surface area (Å²) in [6.45, 7) is 1.68. The van der Waals surface area contributed by atoms with Crippen molar-refractivity contribution in [3.8, 4) is 0 Å². The first-order chi connectivity index (χ1) is 44.3. The fourth-order valence-electron chi connectivity index (χ4n) is 12.7. The van der Waals surface area contributed by atoms with Crippen LogP contribution in [0.5, 0.6) is 0 Å². The smallest absolute Gasteiger partial charge is 0.220 e. The highest BCUT2D eigenvalue weighted by Gasteiger charge is 2.53. The van der Waals surface area contributed by atoms with E-state index in [-0.39, 0.29) is 18.9 Å². The van der Waals surface area contributed by atoms with E-state index in [0.717, 1.165) is 57.8 Å². The quantitative estimate of drug-likeness (QED) is 0.0199. The van der Waals surface area contributed by atoms with E-state index in [1.54, 1.807) is 6.08 Å². The molecule has 0 saturated carbocycles. The molecular weight excluding hydrogens is 1170 g/mol. The van der Waals surface area contributed by atoms with Crippen LogP contribution in [0, 0.1) is 0 Å². The molecule has 19 heteroatoms. The summed E-state index contributed by atoms with van der Waals surface area (Å²) in [6.07, 6.45) is 36.9. The molecule has 536 valence electrons. The van der Waals surface area contributed by atoms with Gasteiger partial charge in [0.2, 0.25) is 5.91 Å². The number of unbranched alkanes of at least 4 members (excludes halogenated alkanes) is 40. The number of allylic oxidation sites excluding steroid dienone is 3. The monoisotopic (exact) mass is 1300 g/mol. The van der Waals surface area contributed by atoms with Gasteiger partial charge in [-0.25, -0.2) is 0 Å². The van der Waals surface area contributed by atoms with Crippen LogP contribution < -0.4 is 5.32 Å². The van der Waals surface area contributed by atoms with Crippen LogP contribution in [0.3, 0.4) is 0 Å². The highest BCUT2D eigenvalue weighted by atomic mass is 16.8. The Hall–Kier alpha value is -1.73. The second-order valence-corrected chi connectivity index (χ2v) is 26.8. The molecule has 1 amide bonds. The zero-order valence-corrected chi connectivity index (χ0v) is 56.8. The molecule has 12 N–H and O–H groups in total. The molecule has 3 aliphatic heterocycles. The molecule has 17 unspecified atom stereocenters. The maximum absolute atomic E-state index is 13.3. The van der Waals surface area contributed by atoms with Crippen LogP contribution >= 0.6 is 0 Å². The first-order valence-corrected chi connectivity index (χ1v) is 37.1. The highest BCUT2D eigenvalue weighted by Crippen LogP contribution is 2.33. The maximum atomic E-state index is 13.3. The van der Waals surface area contributed by atoms with E-state index in [9.17, 15) is 61.0 Å². The summed E-state index contributed by atoms with van der Waals surface area (Å²) in [4.78, 5) is 13.3. The standard InChI is InChI=1S/C72H135NO18/c1-3-5-7-9-11-12-13-14-15-16-17-18-19-20-21-22-23-24-25-26-27-28-29-30-31-32-33-34-35-36-37-38-39-40-41-42-44-46-48-50-60(78)73-55(56(77)49-47-45-43-10-8-6-4-2)54-86-70-66(84)63(81)68(58(52-75)88-70)91-72-67(85)64(82)69(59(53-76)89-72)90-71-65(83)62(80)61(79)57(51-74)87-71/h16-17,47,49,55-59,61-72,74-77,79-85H,3-15,18-46,48,50-54H2,1-2H3,(H,73,78)/b17-16-,49-47+. The minimum atomic E-state index is -1.97. The van der Waals surface area contributed by atoms with Gasteiger partial charge in [-0.3, -0.25) is 4.79 Å². The van der Waals surface area contributed by atoms with Gasteiger partial charge in [-0.05, 0) is 44.9 Å². The summed E-state index contributed by atoms with van der Waals surface area (Å²) < 4.78 is 34.2. The maximum Gasteiger partial charge on any atom is 0.220 e. The fourth-order valence-corrected chi connectivity index (χ4v) is 12.7. The molecule has 17 atom stereocenters. The van der Waals surface area contributed by atoms with Crippen LogP contribution in [-0.2, 0) is 33.2 Å². The van der Waals surface area contributed by atoms with Gasteiger partial charge in [0.1, 0.15) is 73.2 Å².